The van der Waals surface area contributed by atoms with Crippen LogP contribution in [0.4, 0.5) is 0 Å². The monoisotopic (exact) mass is 210 g/mol. The van der Waals surface area contributed by atoms with E-state index < -0.39 is 0 Å². The molecule has 0 aliphatic heterocycles. The van der Waals surface area contributed by atoms with Crippen LogP contribution in [-0.2, 0) is 17.6 Å². The number of carbonyl (C=O) groups is 1. The van der Waals surface area contributed by atoms with Crippen LogP contribution in [0.5, 0.6) is 0 Å². The van der Waals surface area contributed by atoms with Gasteiger partial charge in [-0.25, -0.2) is 0 Å². The van der Waals surface area contributed by atoms with Gasteiger partial charge in [0.25, 0.3) is 0 Å². The third kappa shape index (κ3) is 1.50. The SMILES string of the molecule is O=C1Cc2cc(-c3ccncc3)cnc2C1. The van der Waals surface area contributed by atoms with Gasteiger partial charge in [0.2, 0.25) is 0 Å². The molecule has 0 radical (unpaired) electrons. The van der Waals surface area contributed by atoms with Crippen molar-refractivity contribution in [1.82, 2.24) is 9.97 Å². The van der Waals surface area contributed by atoms with E-state index in [2.05, 4.69) is 16.0 Å². The molecule has 1 aliphatic rings. The van der Waals surface area contributed by atoms with Gasteiger partial charge in [-0.2, -0.15) is 0 Å². The molecular weight excluding hydrogens is 200 g/mol. The van der Waals surface area contributed by atoms with Crippen LogP contribution in [-0.4, -0.2) is 15.8 Å². The zero-order valence-corrected chi connectivity index (χ0v) is 8.68. The van der Waals surface area contributed by atoms with Gasteiger partial charge in [0.1, 0.15) is 5.78 Å². The van der Waals surface area contributed by atoms with Crippen LogP contribution in [0.1, 0.15) is 11.3 Å². The standard InChI is InChI=1S/C13H10N2O/c16-12-6-10-5-11(8-15-13(10)7-12)9-1-3-14-4-2-9/h1-5,8H,6-7H2. The third-order valence-corrected chi connectivity index (χ3v) is 2.83. The van der Waals surface area contributed by atoms with Crippen molar-refractivity contribution in [2.75, 3.05) is 0 Å². The lowest BCUT2D eigenvalue weighted by molar-refractivity contribution is -0.117. The Morgan fingerprint density at radius 3 is 2.69 bits per heavy atom. The summed E-state index contributed by atoms with van der Waals surface area (Å²) in [5, 5.41) is 0. The number of nitrogens with zero attached hydrogens (tertiary/aromatic N) is 2. The Labute approximate surface area is 93.2 Å². The molecule has 2 heterocycles. The van der Waals surface area contributed by atoms with Gasteiger partial charge >= 0.3 is 0 Å². The van der Waals surface area contributed by atoms with Crippen LogP contribution >= 0.6 is 0 Å². The molecule has 0 fully saturated rings. The summed E-state index contributed by atoms with van der Waals surface area (Å²) in [5.74, 6) is 0.259. The predicted molar refractivity (Wildman–Crippen MR) is 59.9 cm³/mol. The molecule has 1 aliphatic carbocycles. The Bertz CT molecular complexity index is 549. The zero-order valence-electron chi connectivity index (χ0n) is 8.68. The lowest BCUT2D eigenvalue weighted by Crippen LogP contribution is -1.93. The summed E-state index contributed by atoms with van der Waals surface area (Å²) < 4.78 is 0. The van der Waals surface area contributed by atoms with E-state index in [1.807, 2.05) is 18.3 Å². The van der Waals surface area contributed by atoms with Crippen LogP contribution < -0.4 is 0 Å². The molecule has 2 aromatic rings. The molecular formula is C13H10N2O. The molecule has 0 bridgehead atoms. The first-order chi connectivity index (χ1) is 7.83. The summed E-state index contributed by atoms with van der Waals surface area (Å²) in [6.45, 7) is 0. The fraction of sp³-hybridized carbons (Fsp3) is 0.154. The maximum Gasteiger partial charge on any atom is 0.143 e. The third-order valence-electron chi connectivity index (χ3n) is 2.83. The molecule has 78 valence electrons. The van der Waals surface area contributed by atoms with Crippen LogP contribution in [0.3, 0.4) is 0 Å². The molecule has 2 aromatic heterocycles. The maximum atomic E-state index is 11.3. The average Bonchev–Trinajstić information content (AvgIpc) is 2.69. The molecule has 0 saturated heterocycles. The lowest BCUT2D eigenvalue weighted by atomic mass is 10.1. The first-order valence-corrected chi connectivity index (χ1v) is 5.23. The minimum Gasteiger partial charge on any atom is -0.299 e. The number of aromatic nitrogens is 2. The fourth-order valence-corrected chi connectivity index (χ4v) is 2.01. The van der Waals surface area contributed by atoms with Gasteiger partial charge in [-0.3, -0.25) is 14.8 Å². The van der Waals surface area contributed by atoms with Crippen molar-refractivity contribution in [2.24, 2.45) is 0 Å². The number of hydrogen-bond acceptors (Lipinski definition) is 3. The van der Waals surface area contributed by atoms with Gasteiger partial charge in [-0.05, 0) is 29.3 Å². The van der Waals surface area contributed by atoms with E-state index in [4.69, 9.17) is 0 Å². The topological polar surface area (TPSA) is 42.9 Å². The summed E-state index contributed by atoms with van der Waals surface area (Å²) >= 11 is 0. The predicted octanol–water partition coefficient (Wildman–Crippen LogP) is 1.81. The largest absolute Gasteiger partial charge is 0.299 e. The molecule has 0 atom stereocenters. The number of hydrogen-bond donors (Lipinski definition) is 0. The van der Waals surface area contributed by atoms with E-state index in [-0.39, 0.29) is 5.78 Å². The maximum absolute atomic E-state index is 11.3. The first-order valence-electron chi connectivity index (χ1n) is 5.23. The van der Waals surface area contributed by atoms with E-state index >= 15 is 0 Å². The lowest BCUT2D eigenvalue weighted by Gasteiger charge is -2.03. The Balaban J connectivity index is 2.06. The number of fused-ring (bicyclic) bond motifs is 1. The number of rotatable bonds is 1. The highest BCUT2D eigenvalue weighted by Gasteiger charge is 2.19. The van der Waals surface area contributed by atoms with E-state index in [0.717, 1.165) is 22.4 Å². The van der Waals surface area contributed by atoms with Crippen molar-refractivity contribution in [1.29, 1.82) is 0 Å². The van der Waals surface area contributed by atoms with E-state index in [1.54, 1.807) is 12.4 Å². The second kappa shape index (κ2) is 3.52. The number of ketones is 1. The number of carbonyl (C=O) groups excluding carboxylic acids is 1. The Morgan fingerprint density at radius 2 is 1.88 bits per heavy atom. The van der Waals surface area contributed by atoms with Crippen molar-refractivity contribution < 1.29 is 4.79 Å². The first kappa shape index (κ1) is 9.21. The van der Waals surface area contributed by atoms with Gasteiger partial charge in [-0.1, -0.05) is 0 Å². The van der Waals surface area contributed by atoms with Gasteiger partial charge < -0.3 is 0 Å². The van der Waals surface area contributed by atoms with Crippen molar-refractivity contribution in [3.8, 4) is 11.1 Å². The van der Waals surface area contributed by atoms with Crippen molar-refractivity contribution in [3.63, 3.8) is 0 Å². The van der Waals surface area contributed by atoms with Gasteiger partial charge in [0.05, 0.1) is 5.69 Å². The number of pyridine rings is 2. The minimum absolute atomic E-state index is 0.259. The average molecular weight is 210 g/mol. The summed E-state index contributed by atoms with van der Waals surface area (Å²) in [6, 6.07) is 5.95. The molecule has 3 heteroatoms. The molecule has 0 aromatic carbocycles. The summed E-state index contributed by atoms with van der Waals surface area (Å²) in [7, 11) is 0. The van der Waals surface area contributed by atoms with Crippen molar-refractivity contribution >= 4 is 5.78 Å². The van der Waals surface area contributed by atoms with Crippen LogP contribution in [0.15, 0.2) is 36.8 Å². The van der Waals surface area contributed by atoms with Gasteiger partial charge in [-0.15, -0.1) is 0 Å². The molecule has 0 N–H and O–H groups in total. The van der Waals surface area contributed by atoms with Crippen LogP contribution in [0, 0.1) is 0 Å². The van der Waals surface area contributed by atoms with Crippen LogP contribution in [0.25, 0.3) is 11.1 Å². The highest BCUT2D eigenvalue weighted by molar-refractivity contribution is 5.87. The quantitative estimate of drug-likeness (QED) is 0.721. The van der Waals surface area contributed by atoms with Crippen LogP contribution in [0.2, 0.25) is 0 Å². The fourth-order valence-electron chi connectivity index (χ4n) is 2.01. The van der Waals surface area contributed by atoms with Crippen molar-refractivity contribution in [3.05, 3.63) is 48.0 Å². The molecule has 3 rings (SSSR count). The van der Waals surface area contributed by atoms with Gasteiger partial charge in [0.15, 0.2) is 0 Å². The molecule has 0 unspecified atom stereocenters. The smallest absolute Gasteiger partial charge is 0.143 e. The summed E-state index contributed by atoms with van der Waals surface area (Å²) in [4.78, 5) is 19.6. The van der Waals surface area contributed by atoms with E-state index in [1.165, 1.54) is 0 Å². The zero-order chi connectivity index (χ0) is 11.0. The van der Waals surface area contributed by atoms with E-state index in [0.29, 0.717) is 12.8 Å². The minimum atomic E-state index is 0.259. The molecule has 0 saturated carbocycles. The number of Topliss-reactive ketones (excluding diaryl/α,β-unsaturated/α-hetero) is 1. The Hall–Kier alpha value is -2.03. The normalized spacial score (nSPS) is 13.9. The molecule has 0 amide bonds. The Kier molecular flexibility index (Phi) is 2.03. The second-order valence-corrected chi connectivity index (χ2v) is 3.96. The molecule has 0 spiro atoms. The second-order valence-electron chi connectivity index (χ2n) is 3.96. The van der Waals surface area contributed by atoms with E-state index in [9.17, 15) is 4.79 Å². The Morgan fingerprint density at radius 1 is 1.06 bits per heavy atom. The van der Waals surface area contributed by atoms with Gasteiger partial charge in [0, 0.05) is 37.0 Å². The highest BCUT2D eigenvalue weighted by Crippen LogP contribution is 2.24. The highest BCUT2D eigenvalue weighted by atomic mass is 16.1. The van der Waals surface area contributed by atoms with Crippen molar-refractivity contribution in [2.45, 2.75) is 12.8 Å². The molecule has 16 heavy (non-hydrogen) atoms. The summed E-state index contributed by atoms with van der Waals surface area (Å²) in [5.41, 5.74) is 4.14. The molecule has 3 nitrogen and oxygen atoms in total. The summed E-state index contributed by atoms with van der Waals surface area (Å²) in [6.07, 6.45) is 6.36.